The third kappa shape index (κ3) is 3.38. The summed E-state index contributed by atoms with van der Waals surface area (Å²) in [6.07, 6.45) is 3.53. The van der Waals surface area contributed by atoms with Crippen LogP contribution < -0.4 is 0 Å². The zero-order valence-corrected chi connectivity index (χ0v) is 16.1. The molecule has 7 nitrogen and oxygen atoms in total. The van der Waals surface area contributed by atoms with Gasteiger partial charge in [0, 0.05) is 38.6 Å². The molecular weight excluding hydrogens is 383 g/mol. The van der Waals surface area contributed by atoms with Crippen LogP contribution in [-0.2, 0) is 10.0 Å². The lowest BCUT2D eigenvalue weighted by atomic mass is 10.3. The normalized spacial score (nSPS) is 15.9. The van der Waals surface area contributed by atoms with E-state index in [0.29, 0.717) is 11.3 Å². The molecule has 0 aliphatic carbocycles. The highest BCUT2D eigenvalue weighted by Crippen LogP contribution is 2.19. The largest absolute Gasteiger partial charge is 0.335 e. The molecule has 9 heteroatoms. The summed E-state index contributed by atoms with van der Waals surface area (Å²) < 4.78 is 41.5. The third-order valence-corrected chi connectivity index (χ3v) is 6.72. The molecule has 0 unspecified atom stereocenters. The number of halogens is 1. The molecule has 28 heavy (non-hydrogen) atoms. The summed E-state index contributed by atoms with van der Waals surface area (Å²) in [5.74, 6) is -0.711. The van der Waals surface area contributed by atoms with Gasteiger partial charge in [-0.1, -0.05) is 0 Å². The van der Waals surface area contributed by atoms with Crippen LogP contribution in [0.4, 0.5) is 4.39 Å². The SMILES string of the molecule is Cc1ccn2cc(C(=O)N3CCN(S(=O)(=O)c4ccc(F)cc4)CC3)nc2c1. The minimum Gasteiger partial charge on any atom is -0.335 e. The summed E-state index contributed by atoms with van der Waals surface area (Å²) in [6, 6.07) is 8.57. The van der Waals surface area contributed by atoms with E-state index in [1.165, 1.54) is 16.4 Å². The Bertz CT molecular complexity index is 1130. The molecule has 1 aliphatic heterocycles. The Kier molecular flexibility index (Phi) is 4.64. The van der Waals surface area contributed by atoms with Crippen molar-refractivity contribution in [3.8, 4) is 0 Å². The number of hydrogen-bond acceptors (Lipinski definition) is 4. The molecule has 0 spiro atoms. The van der Waals surface area contributed by atoms with Crippen molar-refractivity contribution in [1.29, 1.82) is 0 Å². The van der Waals surface area contributed by atoms with Crippen molar-refractivity contribution >= 4 is 21.6 Å². The first-order valence-corrected chi connectivity index (χ1v) is 10.3. The van der Waals surface area contributed by atoms with Gasteiger partial charge < -0.3 is 9.30 Å². The van der Waals surface area contributed by atoms with Crippen LogP contribution in [0.15, 0.2) is 53.7 Å². The lowest BCUT2D eigenvalue weighted by Crippen LogP contribution is -2.50. The Hall–Kier alpha value is -2.78. The van der Waals surface area contributed by atoms with Crippen LogP contribution in [0.2, 0.25) is 0 Å². The van der Waals surface area contributed by atoms with Gasteiger partial charge >= 0.3 is 0 Å². The molecule has 0 radical (unpaired) electrons. The first-order valence-electron chi connectivity index (χ1n) is 8.85. The average molecular weight is 402 g/mol. The van der Waals surface area contributed by atoms with E-state index >= 15 is 0 Å². The second kappa shape index (κ2) is 6.99. The molecule has 1 saturated heterocycles. The highest BCUT2D eigenvalue weighted by molar-refractivity contribution is 7.89. The fraction of sp³-hybridized carbons (Fsp3) is 0.263. The monoisotopic (exact) mass is 402 g/mol. The van der Waals surface area contributed by atoms with E-state index in [-0.39, 0.29) is 37.0 Å². The summed E-state index contributed by atoms with van der Waals surface area (Å²) >= 11 is 0. The third-order valence-electron chi connectivity index (χ3n) is 4.81. The zero-order valence-electron chi connectivity index (χ0n) is 15.2. The van der Waals surface area contributed by atoms with Gasteiger partial charge in [-0.3, -0.25) is 4.79 Å². The minimum atomic E-state index is -3.71. The topological polar surface area (TPSA) is 75.0 Å². The number of nitrogens with zero attached hydrogens (tertiary/aromatic N) is 4. The lowest BCUT2D eigenvalue weighted by molar-refractivity contribution is 0.0692. The fourth-order valence-electron chi connectivity index (χ4n) is 3.24. The highest BCUT2D eigenvalue weighted by Gasteiger charge is 2.31. The maximum absolute atomic E-state index is 13.1. The summed E-state index contributed by atoms with van der Waals surface area (Å²) in [7, 11) is -3.71. The number of amides is 1. The summed E-state index contributed by atoms with van der Waals surface area (Å²) in [5, 5.41) is 0. The molecule has 3 aromatic rings. The molecule has 1 aromatic carbocycles. The number of carbonyl (C=O) groups excluding carboxylic acids is 1. The number of fused-ring (bicyclic) bond motifs is 1. The van der Waals surface area contributed by atoms with Crippen LogP contribution in [0.1, 0.15) is 16.1 Å². The number of aryl methyl sites for hydroxylation is 1. The van der Waals surface area contributed by atoms with Crippen molar-refractivity contribution in [3.63, 3.8) is 0 Å². The molecule has 0 bridgehead atoms. The number of rotatable bonds is 3. The highest BCUT2D eigenvalue weighted by atomic mass is 32.2. The van der Waals surface area contributed by atoms with Crippen LogP contribution in [-0.4, -0.2) is 59.1 Å². The molecule has 2 aromatic heterocycles. The maximum atomic E-state index is 13.1. The molecule has 1 aliphatic rings. The van der Waals surface area contributed by atoms with Crippen molar-refractivity contribution in [2.45, 2.75) is 11.8 Å². The van der Waals surface area contributed by atoms with Crippen LogP contribution >= 0.6 is 0 Å². The first kappa shape index (κ1) is 18.6. The van der Waals surface area contributed by atoms with Gasteiger partial charge in [0.05, 0.1) is 4.90 Å². The van der Waals surface area contributed by atoms with Gasteiger partial charge in [0.15, 0.2) is 0 Å². The number of carbonyl (C=O) groups is 1. The van der Waals surface area contributed by atoms with Crippen molar-refractivity contribution in [2.24, 2.45) is 0 Å². The van der Waals surface area contributed by atoms with Crippen molar-refractivity contribution in [2.75, 3.05) is 26.2 Å². The lowest BCUT2D eigenvalue weighted by Gasteiger charge is -2.33. The number of aromatic nitrogens is 2. The van der Waals surface area contributed by atoms with Gasteiger partial charge in [0.2, 0.25) is 10.0 Å². The number of benzene rings is 1. The number of piperazine rings is 1. The predicted octanol–water partition coefficient (Wildman–Crippen LogP) is 1.93. The minimum absolute atomic E-state index is 0.0457. The Labute approximate surface area is 162 Å². The number of hydrogen-bond donors (Lipinski definition) is 0. The molecule has 0 atom stereocenters. The molecular formula is C19H19FN4O3S. The Morgan fingerprint density at radius 1 is 1.07 bits per heavy atom. The van der Waals surface area contributed by atoms with Gasteiger partial charge in [-0.25, -0.2) is 17.8 Å². The van der Waals surface area contributed by atoms with Crippen molar-refractivity contribution in [3.05, 3.63) is 65.9 Å². The summed E-state index contributed by atoms with van der Waals surface area (Å²) in [4.78, 5) is 18.8. The van der Waals surface area contributed by atoms with Gasteiger partial charge in [0.25, 0.3) is 5.91 Å². The molecule has 0 N–H and O–H groups in total. The van der Waals surface area contributed by atoms with Gasteiger partial charge in [0.1, 0.15) is 17.2 Å². The van der Waals surface area contributed by atoms with Gasteiger partial charge in [-0.05, 0) is 48.9 Å². The summed E-state index contributed by atoms with van der Waals surface area (Å²) in [6.45, 7) is 2.85. The Balaban J connectivity index is 1.47. The molecule has 0 saturated carbocycles. The maximum Gasteiger partial charge on any atom is 0.274 e. The number of imidazole rings is 1. The van der Waals surface area contributed by atoms with E-state index in [1.807, 2.05) is 25.3 Å². The van der Waals surface area contributed by atoms with E-state index in [2.05, 4.69) is 4.98 Å². The smallest absolute Gasteiger partial charge is 0.274 e. The fourth-order valence-corrected chi connectivity index (χ4v) is 4.66. The van der Waals surface area contributed by atoms with Crippen LogP contribution in [0.3, 0.4) is 0 Å². The second-order valence-corrected chi connectivity index (χ2v) is 8.68. The molecule has 1 amide bonds. The predicted molar refractivity (Wildman–Crippen MR) is 101 cm³/mol. The Morgan fingerprint density at radius 2 is 1.75 bits per heavy atom. The van der Waals surface area contributed by atoms with Crippen LogP contribution in [0.25, 0.3) is 5.65 Å². The molecule has 146 valence electrons. The van der Waals surface area contributed by atoms with E-state index in [0.717, 1.165) is 17.7 Å². The van der Waals surface area contributed by atoms with E-state index in [1.54, 1.807) is 15.5 Å². The van der Waals surface area contributed by atoms with Crippen molar-refractivity contribution < 1.29 is 17.6 Å². The van der Waals surface area contributed by atoms with E-state index < -0.39 is 15.8 Å². The van der Waals surface area contributed by atoms with E-state index in [4.69, 9.17) is 0 Å². The first-order chi connectivity index (χ1) is 13.3. The second-order valence-electron chi connectivity index (χ2n) is 6.75. The van der Waals surface area contributed by atoms with Gasteiger partial charge in [-0.15, -0.1) is 0 Å². The molecule has 3 heterocycles. The quantitative estimate of drug-likeness (QED) is 0.671. The number of sulfonamides is 1. The van der Waals surface area contributed by atoms with Crippen LogP contribution in [0.5, 0.6) is 0 Å². The zero-order chi connectivity index (χ0) is 19.9. The molecule has 4 rings (SSSR count). The summed E-state index contributed by atoms with van der Waals surface area (Å²) in [5.41, 5.74) is 2.08. The molecule has 1 fully saturated rings. The van der Waals surface area contributed by atoms with E-state index in [9.17, 15) is 17.6 Å². The average Bonchev–Trinajstić information content (AvgIpc) is 3.11. The number of pyridine rings is 1. The standard InChI is InChI=1S/C19H19FN4O3S/c1-14-6-7-23-13-17(21-18(23)12-14)19(25)22-8-10-24(11-9-22)28(26,27)16-4-2-15(20)3-5-16/h2-7,12-13H,8-11H2,1H3. The van der Waals surface area contributed by atoms with Gasteiger partial charge in [-0.2, -0.15) is 4.31 Å². The Morgan fingerprint density at radius 3 is 2.43 bits per heavy atom. The van der Waals surface area contributed by atoms with Crippen molar-refractivity contribution in [1.82, 2.24) is 18.6 Å². The van der Waals surface area contributed by atoms with Crippen LogP contribution in [0, 0.1) is 12.7 Å².